The molecule has 2 aromatic rings. The summed E-state index contributed by atoms with van der Waals surface area (Å²) in [6, 6.07) is 20.1. The van der Waals surface area contributed by atoms with E-state index in [4.69, 9.17) is 0 Å². The fourth-order valence-electron chi connectivity index (χ4n) is 1.97. The molecule has 0 saturated heterocycles. The Hall–Kier alpha value is -2.05. The van der Waals surface area contributed by atoms with E-state index in [1.807, 2.05) is 12.1 Å². The molecule has 88 valence electrons. The van der Waals surface area contributed by atoms with Crippen molar-refractivity contribution >= 4 is 17.7 Å². The summed E-state index contributed by atoms with van der Waals surface area (Å²) in [6.07, 6.45) is 0. The van der Waals surface area contributed by atoms with Gasteiger partial charge in [-0.25, -0.2) is 0 Å². The van der Waals surface area contributed by atoms with Gasteiger partial charge in [-0.15, -0.1) is 12.6 Å². The van der Waals surface area contributed by atoms with Gasteiger partial charge in [-0.2, -0.15) is 5.26 Å². The van der Waals surface area contributed by atoms with Crippen LogP contribution in [-0.2, 0) is 10.2 Å². The maximum absolute atomic E-state index is 11.9. The standard InChI is InChI=1S/C15H11NOS/c16-11-15(14(17)18,12-7-3-1-4-8-12)13-9-5-2-6-10-13/h1-10H,(H,17,18). The molecule has 0 N–H and O–H groups in total. The van der Waals surface area contributed by atoms with Crippen molar-refractivity contribution in [3.63, 3.8) is 0 Å². The third kappa shape index (κ3) is 1.92. The average molecular weight is 253 g/mol. The number of nitrogens with zero attached hydrogens (tertiary/aromatic N) is 1. The molecule has 0 heterocycles. The molecule has 18 heavy (non-hydrogen) atoms. The van der Waals surface area contributed by atoms with Crippen LogP contribution < -0.4 is 0 Å². The minimum atomic E-state index is -1.34. The van der Waals surface area contributed by atoms with Crippen molar-refractivity contribution in [1.29, 1.82) is 5.26 Å². The van der Waals surface area contributed by atoms with Crippen LogP contribution in [-0.4, -0.2) is 5.12 Å². The lowest BCUT2D eigenvalue weighted by Gasteiger charge is -2.23. The number of thiol groups is 1. The van der Waals surface area contributed by atoms with Crippen molar-refractivity contribution in [2.24, 2.45) is 0 Å². The molecule has 0 atom stereocenters. The highest BCUT2D eigenvalue weighted by Crippen LogP contribution is 2.33. The van der Waals surface area contributed by atoms with E-state index >= 15 is 0 Å². The number of nitriles is 1. The first-order valence-corrected chi connectivity index (χ1v) is 5.92. The van der Waals surface area contributed by atoms with Crippen molar-refractivity contribution < 1.29 is 4.79 Å². The first kappa shape index (κ1) is 12.4. The molecule has 0 aromatic heterocycles. The zero-order chi connectivity index (χ0) is 13.0. The zero-order valence-corrected chi connectivity index (χ0v) is 10.5. The topological polar surface area (TPSA) is 40.9 Å². The van der Waals surface area contributed by atoms with Gasteiger partial charge in [-0.05, 0) is 11.1 Å². The summed E-state index contributed by atoms with van der Waals surface area (Å²) < 4.78 is 0. The van der Waals surface area contributed by atoms with Gasteiger partial charge in [0, 0.05) is 0 Å². The van der Waals surface area contributed by atoms with Crippen LogP contribution in [0.5, 0.6) is 0 Å². The second-order valence-corrected chi connectivity index (χ2v) is 4.31. The number of benzene rings is 2. The molecule has 0 aliphatic heterocycles. The van der Waals surface area contributed by atoms with E-state index in [1.54, 1.807) is 48.5 Å². The molecule has 0 saturated carbocycles. The number of carbonyl (C=O) groups is 1. The normalized spacial score (nSPS) is 10.7. The van der Waals surface area contributed by atoms with Crippen LogP contribution in [0.4, 0.5) is 0 Å². The first-order chi connectivity index (χ1) is 8.71. The summed E-state index contributed by atoms with van der Waals surface area (Å²) in [4.78, 5) is 11.9. The predicted molar refractivity (Wildman–Crippen MR) is 73.3 cm³/mol. The SMILES string of the molecule is N#CC(C(=O)S)(c1ccccc1)c1ccccc1. The van der Waals surface area contributed by atoms with Crippen LogP contribution in [0.25, 0.3) is 0 Å². The van der Waals surface area contributed by atoms with E-state index in [-0.39, 0.29) is 0 Å². The summed E-state index contributed by atoms with van der Waals surface area (Å²) >= 11 is 3.92. The van der Waals surface area contributed by atoms with Gasteiger partial charge in [-0.1, -0.05) is 60.7 Å². The smallest absolute Gasteiger partial charge is 0.215 e. The van der Waals surface area contributed by atoms with E-state index in [0.29, 0.717) is 11.1 Å². The fourth-order valence-corrected chi connectivity index (χ4v) is 2.28. The summed E-state index contributed by atoms with van der Waals surface area (Å²) in [6.45, 7) is 0. The van der Waals surface area contributed by atoms with Gasteiger partial charge in [-0.3, -0.25) is 4.79 Å². The predicted octanol–water partition coefficient (Wildman–Crippen LogP) is 2.95. The lowest BCUT2D eigenvalue weighted by Crippen LogP contribution is -2.32. The van der Waals surface area contributed by atoms with Gasteiger partial charge in [0.05, 0.1) is 6.07 Å². The largest absolute Gasteiger partial charge is 0.285 e. The molecule has 0 radical (unpaired) electrons. The van der Waals surface area contributed by atoms with Gasteiger partial charge in [0.1, 0.15) is 0 Å². The highest BCUT2D eigenvalue weighted by atomic mass is 32.1. The molecule has 2 aromatic carbocycles. The third-order valence-corrected chi connectivity index (χ3v) is 3.24. The van der Waals surface area contributed by atoms with Crippen LogP contribution >= 0.6 is 12.6 Å². The molecule has 2 rings (SSSR count). The van der Waals surface area contributed by atoms with Crippen molar-refractivity contribution in [1.82, 2.24) is 0 Å². The van der Waals surface area contributed by atoms with E-state index in [9.17, 15) is 10.1 Å². The van der Waals surface area contributed by atoms with E-state index < -0.39 is 10.5 Å². The number of hydrogen-bond acceptors (Lipinski definition) is 2. The summed E-state index contributed by atoms with van der Waals surface area (Å²) in [5, 5.41) is 9.06. The Morgan fingerprint density at radius 3 is 1.61 bits per heavy atom. The Bertz CT molecular complexity index is 547. The Labute approximate surface area is 111 Å². The number of rotatable bonds is 3. The maximum Gasteiger partial charge on any atom is 0.215 e. The van der Waals surface area contributed by atoms with Gasteiger partial charge in [0.2, 0.25) is 5.12 Å². The molecule has 0 bridgehead atoms. The van der Waals surface area contributed by atoms with E-state index in [1.165, 1.54) is 0 Å². The quantitative estimate of drug-likeness (QED) is 0.854. The van der Waals surface area contributed by atoms with Crippen molar-refractivity contribution in [2.75, 3.05) is 0 Å². The highest BCUT2D eigenvalue weighted by Gasteiger charge is 2.40. The van der Waals surface area contributed by atoms with Crippen LogP contribution in [0.1, 0.15) is 11.1 Å². The Morgan fingerprint density at radius 1 is 0.944 bits per heavy atom. The lowest BCUT2D eigenvalue weighted by molar-refractivity contribution is -0.113. The summed E-state index contributed by atoms with van der Waals surface area (Å²) in [7, 11) is 0. The molecule has 0 aliphatic rings. The lowest BCUT2D eigenvalue weighted by atomic mass is 9.77. The monoisotopic (exact) mass is 253 g/mol. The molecule has 2 nitrogen and oxygen atoms in total. The van der Waals surface area contributed by atoms with Crippen LogP contribution in [0, 0.1) is 11.3 Å². The average Bonchev–Trinajstić information content (AvgIpc) is 2.42. The zero-order valence-electron chi connectivity index (χ0n) is 9.58. The van der Waals surface area contributed by atoms with Gasteiger partial charge in [0.15, 0.2) is 5.41 Å². The second-order valence-electron chi connectivity index (χ2n) is 3.90. The fraction of sp³-hybridized carbons (Fsp3) is 0.0667. The van der Waals surface area contributed by atoms with Gasteiger partial charge >= 0.3 is 0 Å². The van der Waals surface area contributed by atoms with Crippen LogP contribution in [0.2, 0.25) is 0 Å². The third-order valence-electron chi connectivity index (χ3n) is 2.90. The molecular formula is C15H11NOS. The second kappa shape index (κ2) is 5.07. The van der Waals surface area contributed by atoms with Gasteiger partial charge in [0.25, 0.3) is 0 Å². The summed E-state index contributed by atoms with van der Waals surface area (Å²) in [5.41, 5.74) is -0.0663. The highest BCUT2D eigenvalue weighted by molar-refractivity contribution is 7.96. The maximum atomic E-state index is 11.9. The molecule has 0 fully saturated rings. The minimum absolute atomic E-state index is 0.470. The Kier molecular flexibility index (Phi) is 3.50. The molecule has 0 unspecified atom stereocenters. The van der Waals surface area contributed by atoms with Crippen molar-refractivity contribution in [3.05, 3.63) is 71.8 Å². The Balaban J connectivity index is 2.71. The molecular weight excluding hydrogens is 242 g/mol. The van der Waals surface area contributed by atoms with Crippen LogP contribution in [0.3, 0.4) is 0 Å². The van der Waals surface area contributed by atoms with Crippen molar-refractivity contribution in [2.45, 2.75) is 5.41 Å². The number of hydrogen-bond donors (Lipinski definition) is 1. The number of carbonyl (C=O) groups excluding carboxylic acids is 1. The first-order valence-electron chi connectivity index (χ1n) is 5.47. The molecule has 0 amide bonds. The van der Waals surface area contributed by atoms with Gasteiger partial charge < -0.3 is 0 Å². The minimum Gasteiger partial charge on any atom is -0.285 e. The molecule has 0 spiro atoms. The van der Waals surface area contributed by atoms with E-state index in [0.717, 1.165) is 0 Å². The van der Waals surface area contributed by atoms with E-state index in [2.05, 4.69) is 18.7 Å². The Morgan fingerprint density at radius 2 is 1.33 bits per heavy atom. The summed E-state index contributed by atoms with van der Waals surface area (Å²) in [5.74, 6) is 0. The molecule has 3 heteroatoms. The molecule has 0 aliphatic carbocycles. The van der Waals surface area contributed by atoms with Crippen LogP contribution in [0.15, 0.2) is 60.7 Å². The van der Waals surface area contributed by atoms with Crippen molar-refractivity contribution in [3.8, 4) is 6.07 Å².